The average molecular weight is 1040 g/mol. The fourth-order valence-corrected chi connectivity index (χ4v) is 7.58. The van der Waals surface area contributed by atoms with Crippen LogP contribution in [0.15, 0.2) is 85.1 Å². The SMILES string of the molecule is CCN(CC)c1ccc(NC(=O)c2cccc(COCCOCCOCCOCCOCCOCCOC(=O)N3CCN(CCOCCO)CC3)c2)c(-c2cc(C(=O)NCc3cccc(C(F)(F)F)c3)ccn2)c1. The highest BCUT2D eigenvalue weighted by atomic mass is 19.4. The Morgan fingerprint density at radius 1 is 0.649 bits per heavy atom. The molecule has 0 radical (unpaired) electrons. The van der Waals surface area contributed by atoms with Crippen LogP contribution in [0, 0.1) is 0 Å². The zero-order valence-corrected chi connectivity index (χ0v) is 42.4. The fraction of sp³-hybridized carbons (Fsp3) is 0.509. The van der Waals surface area contributed by atoms with E-state index in [-0.39, 0.29) is 50.5 Å². The fourth-order valence-electron chi connectivity index (χ4n) is 7.58. The van der Waals surface area contributed by atoms with Gasteiger partial charge in [0.1, 0.15) is 6.61 Å². The van der Waals surface area contributed by atoms with Gasteiger partial charge in [-0.15, -0.1) is 0 Å². The Labute approximate surface area is 431 Å². The van der Waals surface area contributed by atoms with Gasteiger partial charge in [0.15, 0.2) is 0 Å². The Kier molecular flexibility index (Phi) is 26.6. The number of nitrogens with zero attached hydrogens (tertiary/aromatic N) is 4. The van der Waals surface area contributed by atoms with Crippen LogP contribution in [0.1, 0.15) is 51.3 Å². The largest absolute Gasteiger partial charge is 0.447 e. The van der Waals surface area contributed by atoms with Crippen molar-refractivity contribution in [2.24, 2.45) is 0 Å². The standard InChI is InChI=1S/C53H71F3N6O12/c1-3-61(4-2)46-11-12-48(47(38-46)49-37-44(13-14-57-49)50(64)58-39-41-7-6-10-45(36-41)53(54,55)56)59-51(65)43-9-5-8-42(35-43)40-73-32-31-71-28-27-69-24-23-68-25-26-70-29-30-72-33-34-74-52(66)62-17-15-60(16-18-62)19-21-67-22-20-63/h5-14,35-38,63H,3-4,15-34,39-40H2,1-2H3,(H,58,64)(H,59,65). The number of piperazine rings is 1. The van der Waals surface area contributed by atoms with Gasteiger partial charge in [-0.25, -0.2) is 4.79 Å². The molecule has 0 saturated carbocycles. The number of ether oxygens (including phenoxy) is 8. The lowest BCUT2D eigenvalue weighted by Crippen LogP contribution is -2.49. The molecule has 1 aliphatic heterocycles. The van der Waals surface area contributed by atoms with Crippen LogP contribution in [-0.4, -0.2) is 183 Å². The van der Waals surface area contributed by atoms with E-state index in [1.807, 2.05) is 32.0 Å². The number of aliphatic hydroxyl groups is 1. The number of nitrogens with one attached hydrogen (secondary N) is 2. The molecule has 21 heteroatoms. The van der Waals surface area contributed by atoms with Gasteiger partial charge in [0.2, 0.25) is 0 Å². The van der Waals surface area contributed by atoms with Crippen LogP contribution in [-0.2, 0) is 57.2 Å². The van der Waals surface area contributed by atoms with Crippen LogP contribution < -0.4 is 15.5 Å². The summed E-state index contributed by atoms with van der Waals surface area (Å²) in [7, 11) is 0. The highest BCUT2D eigenvalue weighted by Gasteiger charge is 2.30. The van der Waals surface area contributed by atoms with E-state index in [0.717, 1.165) is 56.1 Å². The Bertz CT molecular complexity index is 2280. The zero-order chi connectivity index (χ0) is 52.8. The number of aliphatic hydroxyl groups excluding tert-OH is 1. The summed E-state index contributed by atoms with van der Waals surface area (Å²) in [5, 5.41) is 14.5. The summed E-state index contributed by atoms with van der Waals surface area (Å²) in [6, 6.07) is 20.6. The summed E-state index contributed by atoms with van der Waals surface area (Å²) in [5.74, 6) is -0.859. The maximum atomic E-state index is 13.7. The number of benzene rings is 3. The zero-order valence-electron chi connectivity index (χ0n) is 42.4. The van der Waals surface area contributed by atoms with Gasteiger partial charge >= 0.3 is 12.3 Å². The Morgan fingerprint density at radius 3 is 1.88 bits per heavy atom. The quantitative estimate of drug-likeness (QED) is 0.0451. The van der Waals surface area contributed by atoms with Crippen molar-refractivity contribution in [2.45, 2.75) is 33.2 Å². The molecule has 0 atom stereocenters. The van der Waals surface area contributed by atoms with Crippen molar-refractivity contribution in [3.63, 3.8) is 0 Å². The lowest BCUT2D eigenvalue weighted by Gasteiger charge is -2.33. The third-order valence-electron chi connectivity index (χ3n) is 11.6. The first-order valence-corrected chi connectivity index (χ1v) is 25.0. The lowest BCUT2D eigenvalue weighted by molar-refractivity contribution is -0.137. The summed E-state index contributed by atoms with van der Waals surface area (Å²) in [4.78, 5) is 49.8. The van der Waals surface area contributed by atoms with Gasteiger partial charge in [-0.05, 0) is 79.6 Å². The first kappa shape index (κ1) is 59.1. The summed E-state index contributed by atoms with van der Waals surface area (Å²) in [6.45, 7) is 14.4. The van der Waals surface area contributed by atoms with Crippen molar-refractivity contribution >= 4 is 29.3 Å². The molecule has 1 aliphatic rings. The summed E-state index contributed by atoms with van der Waals surface area (Å²) in [5.41, 5.74) is 3.30. The Balaban J connectivity index is 0.918. The molecule has 1 aromatic heterocycles. The molecule has 406 valence electrons. The van der Waals surface area contributed by atoms with Gasteiger partial charge in [-0.2, -0.15) is 13.2 Å². The molecule has 0 spiro atoms. The van der Waals surface area contributed by atoms with Gasteiger partial charge in [0.05, 0.1) is 116 Å². The second-order valence-corrected chi connectivity index (χ2v) is 16.8. The van der Waals surface area contributed by atoms with E-state index in [0.29, 0.717) is 120 Å². The maximum Gasteiger partial charge on any atom is 0.416 e. The van der Waals surface area contributed by atoms with E-state index >= 15 is 0 Å². The molecule has 3 N–H and O–H groups in total. The topological polar surface area (TPSA) is 192 Å². The Hall–Kier alpha value is -5.75. The highest BCUT2D eigenvalue weighted by Crippen LogP contribution is 2.33. The molecule has 3 amide bonds. The number of rotatable bonds is 34. The number of carbonyl (C=O) groups excluding carboxylic acids is 3. The van der Waals surface area contributed by atoms with E-state index in [1.54, 1.807) is 35.2 Å². The van der Waals surface area contributed by atoms with Crippen LogP contribution in [0.4, 0.5) is 29.3 Å². The molecule has 4 aromatic rings. The van der Waals surface area contributed by atoms with Gasteiger partial charge in [0.25, 0.3) is 11.8 Å². The average Bonchev–Trinajstić information content (AvgIpc) is 3.41. The summed E-state index contributed by atoms with van der Waals surface area (Å²) < 4.78 is 83.9. The second-order valence-electron chi connectivity index (χ2n) is 16.8. The van der Waals surface area contributed by atoms with E-state index in [1.165, 1.54) is 24.4 Å². The number of halogens is 3. The number of hydrogen-bond donors (Lipinski definition) is 3. The summed E-state index contributed by atoms with van der Waals surface area (Å²) >= 11 is 0. The second kappa shape index (κ2) is 33.2. The molecule has 0 unspecified atom stereocenters. The number of hydrogen-bond acceptors (Lipinski definition) is 15. The van der Waals surface area contributed by atoms with Crippen molar-refractivity contribution in [2.75, 3.05) is 155 Å². The third-order valence-corrected chi connectivity index (χ3v) is 11.6. The molecule has 3 aromatic carbocycles. The van der Waals surface area contributed by atoms with Crippen LogP contribution in [0.2, 0.25) is 0 Å². The molecule has 74 heavy (non-hydrogen) atoms. The first-order valence-electron chi connectivity index (χ1n) is 25.0. The van der Waals surface area contributed by atoms with Gasteiger partial charge < -0.3 is 63.4 Å². The van der Waals surface area contributed by atoms with Crippen molar-refractivity contribution in [3.8, 4) is 11.3 Å². The normalized spacial score (nSPS) is 13.0. The highest BCUT2D eigenvalue weighted by molar-refractivity contribution is 6.06. The molecule has 2 heterocycles. The maximum absolute atomic E-state index is 13.7. The minimum Gasteiger partial charge on any atom is -0.447 e. The van der Waals surface area contributed by atoms with Crippen LogP contribution in [0.3, 0.4) is 0 Å². The number of pyridine rings is 1. The Morgan fingerprint density at radius 2 is 1.24 bits per heavy atom. The van der Waals surface area contributed by atoms with Crippen molar-refractivity contribution in [1.82, 2.24) is 20.1 Å². The first-order chi connectivity index (χ1) is 36.0. The molecule has 0 aliphatic carbocycles. The molecule has 18 nitrogen and oxygen atoms in total. The monoisotopic (exact) mass is 1040 g/mol. The number of carbonyl (C=O) groups is 3. The minimum atomic E-state index is -4.50. The van der Waals surface area contributed by atoms with Crippen molar-refractivity contribution < 1.29 is 70.6 Å². The van der Waals surface area contributed by atoms with Crippen LogP contribution in [0.5, 0.6) is 0 Å². The minimum absolute atomic E-state index is 0.0125. The smallest absolute Gasteiger partial charge is 0.416 e. The van der Waals surface area contributed by atoms with E-state index in [2.05, 4.69) is 25.4 Å². The third kappa shape index (κ3) is 21.2. The summed E-state index contributed by atoms with van der Waals surface area (Å²) in [6.07, 6.45) is -3.37. The molecule has 1 saturated heterocycles. The molecular weight excluding hydrogens is 970 g/mol. The van der Waals surface area contributed by atoms with Crippen molar-refractivity contribution in [3.05, 3.63) is 113 Å². The van der Waals surface area contributed by atoms with Crippen LogP contribution >= 0.6 is 0 Å². The molecule has 1 fully saturated rings. The molecule has 0 bridgehead atoms. The lowest BCUT2D eigenvalue weighted by atomic mass is 10.0. The van der Waals surface area contributed by atoms with Gasteiger partial charge in [-0.3, -0.25) is 19.5 Å². The van der Waals surface area contributed by atoms with E-state index in [4.69, 9.17) is 43.0 Å². The van der Waals surface area contributed by atoms with Crippen LogP contribution in [0.25, 0.3) is 11.3 Å². The number of amides is 3. The van der Waals surface area contributed by atoms with E-state index in [9.17, 15) is 27.6 Å². The number of anilines is 2. The van der Waals surface area contributed by atoms with E-state index < -0.39 is 17.6 Å². The molecule has 5 rings (SSSR count). The predicted molar refractivity (Wildman–Crippen MR) is 271 cm³/mol. The van der Waals surface area contributed by atoms with Crippen molar-refractivity contribution in [1.29, 1.82) is 0 Å². The molecular formula is C53H71F3N6O12. The number of alkyl halides is 3. The number of aromatic nitrogens is 1. The van der Waals surface area contributed by atoms with Gasteiger partial charge in [-0.1, -0.05) is 24.3 Å². The predicted octanol–water partition coefficient (Wildman–Crippen LogP) is 6.16. The van der Waals surface area contributed by atoms with Gasteiger partial charge in [0, 0.05) is 80.9 Å².